The number of amides is 1. The standard InChI is InChI=1S/C20H24FN3O3/c1-14(20(26)22-13-17-4-3-11-27-17)23-7-9-24(10-8-23)19-6-5-16(15(2)25)12-18(19)21/h3-6,11-12,14H,7-10,13H2,1-2H3,(H,22,26)/t14-/m1/s1. The molecule has 3 rings (SSSR count). The molecule has 0 spiro atoms. The summed E-state index contributed by atoms with van der Waals surface area (Å²) in [5.74, 6) is 0.113. The maximum absolute atomic E-state index is 14.3. The lowest BCUT2D eigenvalue weighted by atomic mass is 10.1. The molecule has 27 heavy (non-hydrogen) atoms. The first kappa shape index (κ1) is 19.1. The SMILES string of the molecule is CC(=O)c1ccc(N2CCN([C@H](C)C(=O)NCc3ccco3)CC2)c(F)c1. The summed E-state index contributed by atoms with van der Waals surface area (Å²) in [6.45, 7) is 6.20. The van der Waals surface area contributed by atoms with Crippen molar-refractivity contribution in [1.29, 1.82) is 0 Å². The Labute approximate surface area is 157 Å². The molecule has 1 atom stereocenters. The summed E-state index contributed by atoms with van der Waals surface area (Å²) in [6.07, 6.45) is 1.58. The lowest BCUT2D eigenvalue weighted by molar-refractivity contribution is -0.126. The Kier molecular flexibility index (Phi) is 5.91. The monoisotopic (exact) mass is 373 g/mol. The molecule has 0 aliphatic carbocycles. The second-order valence-electron chi connectivity index (χ2n) is 6.72. The largest absolute Gasteiger partial charge is 0.467 e. The fourth-order valence-electron chi connectivity index (χ4n) is 3.23. The van der Waals surface area contributed by atoms with Gasteiger partial charge in [-0.05, 0) is 44.2 Å². The number of hydrogen-bond acceptors (Lipinski definition) is 5. The van der Waals surface area contributed by atoms with Crippen LogP contribution in [0, 0.1) is 5.82 Å². The third-order valence-electron chi connectivity index (χ3n) is 4.95. The zero-order chi connectivity index (χ0) is 19.4. The van der Waals surface area contributed by atoms with Gasteiger partial charge < -0.3 is 14.6 Å². The maximum atomic E-state index is 14.3. The Morgan fingerprint density at radius 2 is 1.96 bits per heavy atom. The van der Waals surface area contributed by atoms with E-state index in [0.717, 1.165) is 0 Å². The predicted molar refractivity (Wildman–Crippen MR) is 100 cm³/mol. The van der Waals surface area contributed by atoms with Crippen LogP contribution < -0.4 is 10.2 Å². The summed E-state index contributed by atoms with van der Waals surface area (Å²) in [5, 5.41) is 2.87. The molecule has 1 N–H and O–H groups in total. The lowest BCUT2D eigenvalue weighted by Crippen LogP contribution is -2.54. The highest BCUT2D eigenvalue weighted by atomic mass is 19.1. The van der Waals surface area contributed by atoms with E-state index in [4.69, 9.17) is 4.42 Å². The van der Waals surface area contributed by atoms with Crippen molar-refractivity contribution >= 4 is 17.4 Å². The average Bonchev–Trinajstić information content (AvgIpc) is 3.19. The van der Waals surface area contributed by atoms with Crippen molar-refractivity contribution in [2.45, 2.75) is 26.4 Å². The van der Waals surface area contributed by atoms with Gasteiger partial charge in [0.15, 0.2) is 5.78 Å². The molecule has 2 heterocycles. The molecule has 2 aromatic rings. The van der Waals surface area contributed by atoms with Gasteiger partial charge in [0.25, 0.3) is 0 Å². The molecular formula is C20H24FN3O3. The van der Waals surface area contributed by atoms with E-state index in [1.807, 2.05) is 17.9 Å². The molecule has 0 radical (unpaired) electrons. The van der Waals surface area contributed by atoms with Gasteiger partial charge >= 0.3 is 0 Å². The molecule has 1 fully saturated rings. The van der Waals surface area contributed by atoms with Crippen LogP contribution in [0.4, 0.5) is 10.1 Å². The first-order valence-corrected chi connectivity index (χ1v) is 9.05. The smallest absolute Gasteiger partial charge is 0.237 e. The highest BCUT2D eigenvalue weighted by molar-refractivity contribution is 5.94. The van der Waals surface area contributed by atoms with Gasteiger partial charge in [-0.1, -0.05) is 0 Å². The summed E-state index contributed by atoms with van der Waals surface area (Å²) in [7, 11) is 0. The van der Waals surface area contributed by atoms with Crippen LogP contribution in [0.15, 0.2) is 41.0 Å². The normalized spacial score (nSPS) is 16.2. The third-order valence-corrected chi connectivity index (χ3v) is 4.95. The number of nitrogens with one attached hydrogen (secondary N) is 1. The molecule has 1 aliphatic rings. The maximum Gasteiger partial charge on any atom is 0.237 e. The molecule has 1 aliphatic heterocycles. The van der Waals surface area contributed by atoms with Gasteiger partial charge in [0.1, 0.15) is 11.6 Å². The van der Waals surface area contributed by atoms with Gasteiger partial charge in [0, 0.05) is 31.7 Å². The van der Waals surface area contributed by atoms with E-state index in [1.54, 1.807) is 24.5 Å². The topological polar surface area (TPSA) is 65.8 Å². The van der Waals surface area contributed by atoms with Gasteiger partial charge in [0.05, 0.1) is 24.5 Å². The minimum atomic E-state index is -0.389. The number of benzene rings is 1. The van der Waals surface area contributed by atoms with Gasteiger partial charge in [-0.15, -0.1) is 0 Å². The molecular weight excluding hydrogens is 349 g/mol. The highest BCUT2D eigenvalue weighted by Crippen LogP contribution is 2.22. The Balaban J connectivity index is 1.53. The van der Waals surface area contributed by atoms with Crippen LogP contribution in [0.1, 0.15) is 30.0 Å². The number of ketones is 1. The first-order chi connectivity index (χ1) is 13.0. The van der Waals surface area contributed by atoms with Crippen molar-refractivity contribution in [3.8, 4) is 0 Å². The fraction of sp³-hybridized carbons (Fsp3) is 0.400. The summed E-state index contributed by atoms with van der Waals surface area (Å²) in [4.78, 5) is 27.7. The average molecular weight is 373 g/mol. The van der Waals surface area contributed by atoms with E-state index in [-0.39, 0.29) is 23.5 Å². The number of Topliss-reactive ketones (excluding diaryl/α,β-unsaturated/α-hetero) is 1. The lowest BCUT2D eigenvalue weighted by Gasteiger charge is -2.38. The van der Waals surface area contributed by atoms with Crippen LogP contribution in [0.5, 0.6) is 0 Å². The Bertz CT molecular complexity index is 799. The quantitative estimate of drug-likeness (QED) is 0.788. The zero-order valence-electron chi connectivity index (χ0n) is 15.6. The Hall–Kier alpha value is -2.67. The van der Waals surface area contributed by atoms with Crippen molar-refractivity contribution in [2.24, 2.45) is 0 Å². The summed E-state index contributed by atoms with van der Waals surface area (Å²) >= 11 is 0. The number of halogens is 1. The number of carbonyl (C=O) groups is 2. The van der Waals surface area contributed by atoms with Crippen LogP contribution in [-0.4, -0.2) is 48.8 Å². The third kappa shape index (κ3) is 4.54. The van der Waals surface area contributed by atoms with E-state index in [9.17, 15) is 14.0 Å². The van der Waals surface area contributed by atoms with E-state index in [2.05, 4.69) is 10.2 Å². The van der Waals surface area contributed by atoms with Crippen LogP contribution in [0.25, 0.3) is 0 Å². The highest BCUT2D eigenvalue weighted by Gasteiger charge is 2.26. The van der Waals surface area contributed by atoms with Crippen molar-refractivity contribution in [2.75, 3.05) is 31.1 Å². The summed E-state index contributed by atoms with van der Waals surface area (Å²) in [6, 6.07) is 7.92. The molecule has 0 saturated carbocycles. The fourth-order valence-corrected chi connectivity index (χ4v) is 3.23. The molecule has 7 heteroatoms. The first-order valence-electron chi connectivity index (χ1n) is 9.05. The summed E-state index contributed by atoms with van der Waals surface area (Å²) in [5.41, 5.74) is 0.867. The number of carbonyl (C=O) groups excluding carboxylic acids is 2. The Morgan fingerprint density at radius 1 is 1.22 bits per heavy atom. The van der Waals surface area contributed by atoms with E-state index >= 15 is 0 Å². The van der Waals surface area contributed by atoms with Gasteiger partial charge in [-0.25, -0.2) is 4.39 Å². The van der Waals surface area contributed by atoms with Gasteiger partial charge in [0.2, 0.25) is 5.91 Å². The van der Waals surface area contributed by atoms with Crippen molar-refractivity contribution < 1.29 is 18.4 Å². The number of anilines is 1. The van der Waals surface area contributed by atoms with E-state index < -0.39 is 0 Å². The number of hydrogen-bond donors (Lipinski definition) is 1. The molecule has 1 aromatic heterocycles. The predicted octanol–water partition coefficient (Wildman–Crippen LogP) is 2.45. The minimum absolute atomic E-state index is 0.0585. The van der Waals surface area contributed by atoms with E-state index in [0.29, 0.717) is 49.7 Å². The number of furan rings is 1. The van der Waals surface area contributed by atoms with Crippen LogP contribution in [0.2, 0.25) is 0 Å². The van der Waals surface area contributed by atoms with Crippen LogP contribution in [-0.2, 0) is 11.3 Å². The number of rotatable bonds is 6. The zero-order valence-corrected chi connectivity index (χ0v) is 15.6. The number of piperazine rings is 1. The van der Waals surface area contributed by atoms with Crippen LogP contribution in [0.3, 0.4) is 0 Å². The molecule has 1 amide bonds. The van der Waals surface area contributed by atoms with Gasteiger partial charge in [-0.3, -0.25) is 14.5 Å². The molecule has 0 unspecified atom stereocenters. The summed E-state index contributed by atoms with van der Waals surface area (Å²) < 4.78 is 19.5. The molecule has 6 nitrogen and oxygen atoms in total. The van der Waals surface area contributed by atoms with Crippen LogP contribution >= 0.6 is 0 Å². The second kappa shape index (κ2) is 8.35. The van der Waals surface area contributed by atoms with Crippen molar-refractivity contribution in [1.82, 2.24) is 10.2 Å². The Morgan fingerprint density at radius 3 is 2.56 bits per heavy atom. The van der Waals surface area contributed by atoms with E-state index in [1.165, 1.54) is 13.0 Å². The second-order valence-corrected chi connectivity index (χ2v) is 6.72. The number of nitrogens with zero attached hydrogens (tertiary/aromatic N) is 2. The van der Waals surface area contributed by atoms with Crippen molar-refractivity contribution in [3.05, 3.63) is 53.7 Å². The van der Waals surface area contributed by atoms with Crippen molar-refractivity contribution in [3.63, 3.8) is 0 Å². The molecule has 1 saturated heterocycles. The minimum Gasteiger partial charge on any atom is -0.467 e. The molecule has 0 bridgehead atoms. The molecule has 1 aromatic carbocycles. The van der Waals surface area contributed by atoms with Gasteiger partial charge in [-0.2, -0.15) is 0 Å². The molecule has 144 valence electrons.